The molecule has 0 aliphatic carbocycles. The number of amides is 1. The number of nitrogens with one attached hydrogen (secondary N) is 1. The van der Waals surface area contributed by atoms with Crippen LogP contribution in [-0.2, 0) is 13.6 Å². The molecule has 0 aliphatic heterocycles. The summed E-state index contributed by atoms with van der Waals surface area (Å²) in [6.45, 7) is 8.28. The topological polar surface area (TPSA) is 60.1 Å². The van der Waals surface area contributed by atoms with Gasteiger partial charge in [-0.2, -0.15) is 0 Å². The van der Waals surface area contributed by atoms with E-state index >= 15 is 0 Å². The van der Waals surface area contributed by atoms with Crippen LogP contribution in [-0.4, -0.2) is 15.6 Å². The summed E-state index contributed by atoms with van der Waals surface area (Å²) in [5, 5.41) is 6.83. The second-order valence-electron chi connectivity index (χ2n) is 5.37. The number of hydrogen-bond acceptors (Lipinski definition) is 3. The molecule has 1 N–H and O–H groups in total. The van der Waals surface area contributed by atoms with Crippen LogP contribution in [0.2, 0.25) is 0 Å². The molecule has 0 unspecified atom stereocenters. The van der Waals surface area contributed by atoms with Gasteiger partial charge in [0, 0.05) is 24.4 Å². The lowest BCUT2D eigenvalue weighted by Gasteiger charge is -2.08. The molecule has 0 aromatic carbocycles. The minimum atomic E-state index is -0.133. The van der Waals surface area contributed by atoms with Gasteiger partial charge < -0.3 is 14.4 Å². The van der Waals surface area contributed by atoms with Gasteiger partial charge in [-0.05, 0) is 26.0 Å². The van der Waals surface area contributed by atoms with Crippen molar-refractivity contribution in [2.45, 2.75) is 40.2 Å². The molecule has 0 fully saturated rings. The van der Waals surface area contributed by atoms with Gasteiger partial charge in [-0.15, -0.1) is 0 Å². The average Bonchev–Trinajstić information content (AvgIpc) is 2.92. The summed E-state index contributed by atoms with van der Waals surface area (Å²) in [6.07, 6.45) is 0. The van der Waals surface area contributed by atoms with Crippen LogP contribution in [0, 0.1) is 13.8 Å². The third kappa shape index (κ3) is 2.61. The molecule has 0 saturated carbocycles. The first-order chi connectivity index (χ1) is 9.41. The highest BCUT2D eigenvalue weighted by Crippen LogP contribution is 2.22. The maximum atomic E-state index is 12.3. The zero-order valence-corrected chi connectivity index (χ0v) is 12.7. The molecule has 0 bridgehead atoms. The number of nitrogens with zero attached hydrogens (tertiary/aromatic N) is 2. The first-order valence-electron chi connectivity index (χ1n) is 6.77. The lowest BCUT2D eigenvalue weighted by atomic mass is 10.0. The van der Waals surface area contributed by atoms with E-state index in [2.05, 4.69) is 15.0 Å². The van der Waals surface area contributed by atoms with Gasteiger partial charge in [-0.1, -0.05) is 19.0 Å². The Morgan fingerprint density at radius 2 is 2.10 bits per heavy atom. The quantitative estimate of drug-likeness (QED) is 0.933. The third-order valence-corrected chi connectivity index (χ3v) is 3.55. The SMILES string of the molecule is Cc1noc(C(C)C)c1C(=O)NCc1ccc(C)n1C. The Balaban J connectivity index is 2.13. The molecule has 2 heterocycles. The minimum Gasteiger partial charge on any atom is -0.360 e. The number of aryl methyl sites for hydroxylation is 2. The van der Waals surface area contributed by atoms with Gasteiger partial charge in [0.05, 0.1) is 12.2 Å². The van der Waals surface area contributed by atoms with Gasteiger partial charge in [0.2, 0.25) is 0 Å². The molecule has 0 saturated heterocycles. The summed E-state index contributed by atoms with van der Waals surface area (Å²) < 4.78 is 7.30. The molecular formula is C15H21N3O2. The van der Waals surface area contributed by atoms with E-state index in [0.29, 0.717) is 23.6 Å². The van der Waals surface area contributed by atoms with E-state index in [9.17, 15) is 4.79 Å². The van der Waals surface area contributed by atoms with E-state index in [4.69, 9.17) is 4.52 Å². The number of aromatic nitrogens is 2. The Morgan fingerprint density at radius 3 is 2.65 bits per heavy atom. The Hall–Kier alpha value is -2.04. The normalized spacial score (nSPS) is 11.1. The summed E-state index contributed by atoms with van der Waals surface area (Å²) in [4.78, 5) is 12.3. The third-order valence-electron chi connectivity index (χ3n) is 3.55. The Morgan fingerprint density at radius 1 is 1.40 bits per heavy atom. The second kappa shape index (κ2) is 5.53. The van der Waals surface area contributed by atoms with E-state index in [-0.39, 0.29) is 11.8 Å². The lowest BCUT2D eigenvalue weighted by Crippen LogP contribution is -2.25. The van der Waals surface area contributed by atoms with Crippen LogP contribution in [0.4, 0.5) is 0 Å². The predicted octanol–water partition coefficient (Wildman–Crippen LogP) is 2.68. The first kappa shape index (κ1) is 14.4. The van der Waals surface area contributed by atoms with Crippen LogP contribution in [0.3, 0.4) is 0 Å². The Labute approximate surface area is 119 Å². The molecule has 0 spiro atoms. The molecule has 5 heteroatoms. The van der Waals surface area contributed by atoms with E-state index in [1.54, 1.807) is 6.92 Å². The fraction of sp³-hybridized carbons (Fsp3) is 0.467. The van der Waals surface area contributed by atoms with Crippen LogP contribution < -0.4 is 5.32 Å². The molecule has 0 aliphatic rings. The highest BCUT2D eigenvalue weighted by atomic mass is 16.5. The van der Waals surface area contributed by atoms with E-state index in [0.717, 1.165) is 5.69 Å². The highest BCUT2D eigenvalue weighted by molar-refractivity contribution is 5.96. The molecule has 20 heavy (non-hydrogen) atoms. The van der Waals surface area contributed by atoms with Gasteiger partial charge in [-0.25, -0.2) is 0 Å². The maximum Gasteiger partial charge on any atom is 0.257 e. The van der Waals surface area contributed by atoms with Crippen molar-refractivity contribution in [2.24, 2.45) is 7.05 Å². The Kier molecular flexibility index (Phi) is 3.97. The largest absolute Gasteiger partial charge is 0.360 e. The highest BCUT2D eigenvalue weighted by Gasteiger charge is 2.22. The predicted molar refractivity (Wildman–Crippen MR) is 76.6 cm³/mol. The van der Waals surface area contributed by atoms with Gasteiger partial charge in [0.1, 0.15) is 5.56 Å². The lowest BCUT2D eigenvalue weighted by molar-refractivity contribution is 0.0947. The number of hydrogen-bond donors (Lipinski definition) is 1. The monoisotopic (exact) mass is 275 g/mol. The summed E-state index contributed by atoms with van der Waals surface area (Å²) in [7, 11) is 1.99. The summed E-state index contributed by atoms with van der Waals surface area (Å²) >= 11 is 0. The maximum absolute atomic E-state index is 12.3. The van der Waals surface area contributed by atoms with Crippen LogP contribution in [0.5, 0.6) is 0 Å². The van der Waals surface area contributed by atoms with Crippen LogP contribution >= 0.6 is 0 Å². The number of carbonyl (C=O) groups is 1. The number of rotatable bonds is 4. The summed E-state index contributed by atoms with van der Waals surface area (Å²) in [5.74, 6) is 0.642. The Bertz CT molecular complexity index is 623. The van der Waals surface area contributed by atoms with Gasteiger partial charge in [0.15, 0.2) is 5.76 Å². The van der Waals surface area contributed by atoms with Gasteiger partial charge in [0.25, 0.3) is 5.91 Å². The second-order valence-corrected chi connectivity index (χ2v) is 5.37. The van der Waals surface area contributed by atoms with Crippen molar-refractivity contribution in [3.05, 3.63) is 40.5 Å². The molecule has 108 valence electrons. The smallest absolute Gasteiger partial charge is 0.257 e. The van der Waals surface area contributed by atoms with E-state index in [1.165, 1.54) is 5.69 Å². The van der Waals surface area contributed by atoms with Gasteiger partial charge in [-0.3, -0.25) is 4.79 Å². The van der Waals surface area contributed by atoms with Crippen LogP contribution in [0.25, 0.3) is 0 Å². The average molecular weight is 275 g/mol. The molecule has 5 nitrogen and oxygen atoms in total. The molecule has 2 aromatic heterocycles. The van der Waals surface area contributed by atoms with Crippen molar-refractivity contribution in [3.8, 4) is 0 Å². The zero-order chi connectivity index (χ0) is 14.9. The molecule has 2 rings (SSSR count). The van der Waals surface area contributed by atoms with E-state index < -0.39 is 0 Å². The van der Waals surface area contributed by atoms with Crippen molar-refractivity contribution in [3.63, 3.8) is 0 Å². The van der Waals surface area contributed by atoms with Crippen molar-refractivity contribution in [1.82, 2.24) is 15.0 Å². The minimum absolute atomic E-state index is 0.133. The fourth-order valence-corrected chi connectivity index (χ4v) is 2.16. The summed E-state index contributed by atoms with van der Waals surface area (Å²) in [5.41, 5.74) is 3.43. The summed E-state index contributed by atoms with van der Waals surface area (Å²) in [6, 6.07) is 4.05. The van der Waals surface area contributed by atoms with Crippen molar-refractivity contribution in [1.29, 1.82) is 0 Å². The molecular weight excluding hydrogens is 254 g/mol. The fourth-order valence-electron chi connectivity index (χ4n) is 2.16. The molecule has 0 radical (unpaired) electrons. The van der Waals surface area contributed by atoms with Crippen molar-refractivity contribution >= 4 is 5.91 Å². The molecule has 1 amide bonds. The number of carbonyl (C=O) groups excluding carboxylic acids is 1. The molecule has 2 aromatic rings. The standard InChI is InChI=1S/C15H21N3O2/c1-9(2)14-13(11(4)17-20-14)15(19)16-8-12-7-6-10(3)18(12)5/h6-7,9H,8H2,1-5H3,(H,16,19). The van der Waals surface area contributed by atoms with Crippen molar-refractivity contribution < 1.29 is 9.32 Å². The van der Waals surface area contributed by atoms with Crippen LogP contribution in [0.1, 0.15) is 53.0 Å². The van der Waals surface area contributed by atoms with Gasteiger partial charge >= 0.3 is 0 Å². The van der Waals surface area contributed by atoms with E-state index in [1.807, 2.05) is 40.0 Å². The van der Waals surface area contributed by atoms with Crippen molar-refractivity contribution in [2.75, 3.05) is 0 Å². The first-order valence-corrected chi connectivity index (χ1v) is 6.77. The zero-order valence-electron chi connectivity index (χ0n) is 12.7. The van der Waals surface area contributed by atoms with Crippen LogP contribution in [0.15, 0.2) is 16.7 Å². The molecule has 0 atom stereocenters.